The number of rotatable bonds is 5. The number of carbonyl (C=O) groups excluding carboxylic acids is 2. The first kappa shape index (κ1) is 19.0. The molecule has 0 saturated carbocycles. The molecule has 0 atom stereocenters. The van der Waals surface area contributed by atoms with Crippen LogP contribution >= 0.6 is 24.4 Å². The Bertz CT molecular complexity index is 588. The van der Waals surface area contributed by atoms with Crippen LogP contribution < -0.4 is 21.3 Å². The summed E-state index contributed by atoms with van der Waals surface area (Å²) in [4.78, 5) is 22.7. The normalized spacial score (nSPS) is 9.65. The minimum atomic E-state index is -0.144. The maximum Gasteiger partial charge on any atom is 0.226 e. The first-order chi connectivity index (χ1) is 10.9. The molecule has 6 nitrogen and oxygen atoms in total. The summed E-state index contributed by atoms with van der Waals surface area (Å²) in [7, 11) is 0. The quantitative estimate of drug-likeness (QED) is 0.610. The number of hydrogen-bond acceptors (Lipinski definition) is 4. The van der Waals surface area contributed by atoms with Crippen LogP contribution in [0.1, 0.15) is 33.1 Å². The van der Waals surface area contributed by atoms with E-state index in [9.17, 15) is 9.59 Å². The summed E-state index contributed by atoms with van der Waals surface area (Å²) in [5.41, 5.74) is 1.47. The summed E-state index contributed by atoms with van der Waals surface area (Å²) in [6, 6.07) is 7.13. The Balaban J connectivity index is 2.50. The molecular formula is C15H20N4O2S2. The third kappa shape index (κ3) is 7.66. The van der Waals surface area contributed by atoms with Crippen LogP contribution in [0.4, 0.5) is 11.4 Å². The van der Waals surface area contributed by atoms with E-state index in [2.05, 4.69) is 21.3 Å². The van der Waals surface area contributed by atoms with Crippen LogP contribution in [0, 0.1) is 0 Å². The number of anilines is 2. The highest BCUT2D eigenvalue weighted by atomic mass is 32.1. The number of benzene rings is 1. The monoisotopic (exact) mass is 352 g/mol. The van der Waals surface area contributed by atoms with Gasteiger partial charge in [-0.2, -0.15) is 0 Å². The van der Waals surface area contributed by atoms with Crippen LogP contribution in [-0.4, -0.2) is 22.0 Å². The molecule has 23 heavy (non-hydrogen) atoms. The van der Waals surface area contributed by atoms with Crippen molar-refractivity contribution in [1.82, 2.24) is 10.6 Å². The van der Waals surface area contributed by atoms with Gasteiger partial charge in [-0.05, 0) is 55.1 Å². The van der Waals surface area contributed by atoms with Gasteiger partial charge in [0.05, 0.1) is 0 Å². The minimum Gasteiger partial charge on any atom is -0.332 e. The number of hydrogen-bond donors (Lipinski definition) is 4. The molecule has 0 unspecified atom stereocenters. The molecule has 0 saturated heterocycles. The molecule has 0 radical (unpaired) electrons. The molecule has 0 aliphatic carbocycles. The van der Waals surface area contributed by atoms with Gasteiger partial charge in [0.15, 0.2) is 10.2 Å². The van der Waals surface area contributed by atoms with Crippen LogP contribution in [0.5, 0.6) is 0 Å². The van der Waals surface area contributed by atoms with Crippen molar-refractivity contribution in [3.8, 4) is 0 Å². The minimum absolute atomic E-state index is 0.111. The van der Waals surface area contributed by atoms with Gasteiger partial charge in [0.2, 0.25) is 11.8 Å². The molecule has 1 aromatic carbocycles. The Kier molecular flexibility index (Phi) is 8.14. The average Bonchev–Trinajstić information content (AvgIpc) is 2.49. The van der Waals surface area contributed by atoms with Gasteiger partial charge in [-0.3, -0.25) is 9.59 Å². The van der Waals surface area contributed by atoms with E-state index < -0.39 is 0 Å². The largest absolute Gasteiger partial charge is 0.332 e. The predicted molar refractivity (Wildman–Crippen MR) is 100 cm³/mol. The second kappa shape index (κ2) is 9.86. The second-order valence-corrected chi connectivity index (χ2v) is 5.50. The second-order valence-electron chi connectivity index (χ2n) is 4.69. The van der Waals surface area contributed by atoms with E-state index in [4.69, 9.17) is 24.4 Å². The Hall–Kier alpha value is -2.06. The lowest BCUT2D eigenvalue weighted by Gasteiger charge is -2.11. The fourth-order valence-corrected chi connectivity index (χ4v) is 2.06. The Morgan fingerprint density at radius 1 is 0.870 bits per heavy atom. The van der Waals surface area contributed by atoms with Gasteiger partial charge in [0.1, 0.15) is 0 Å². The van der Waals surface area contributed by atoms with Gasteiger partial charge in [0, 0.05) is 24.2 Å². The molecule has 8 heteroatoms. The molecule has 0 aromatic heterocycles. The summed E-state index contributed by atoms with van der Waals surface area (Å²) >= 11 is 10.1. The van der Waals surface area contributed by atoms with Crippen LogP contribution in [0.3, 0.4) is 0 Å². The van der Waals surface area contributed by atoms with Gasteiger partial charge < -0.3 is 21.3 Å². The first-order valence-corrected chi connectivity index (χ1v) is 8.08. The molecule has 0 aliphatic rings. The van der Waals surface area contributed by atoms with Gasteiger partial charge >= 0.3 is 0 Å². The van der Waals surface area contributed by atoms with Crippen molar-refractivity contribution in [2.45, 2.75) is 33.1 Å². The van der Waals surface area contributed by atoms with Gasteiger partial charge in [-0.1, -0.05) is 13.8 Å². The van der Waals surface area contributed by atoms with E-state index in [0.29, 0.717) is 12.8 Å². The number of thiocarbonyl (C=S) groups is 2. The van der Waals surface area contributed by atoms with Crippen molar-refractivity contribution in [2.75, 3.05) is 10.6 Å². The van der Waals surface area contributed by atoms with E-state index in [1.165, 1.54) is 0 Å². The third-order valence-corrected chi connectivity index (χ3v) is 3.11. The SMILES string of the molecule is CCCC(=O)NC(=S)Nc1ccc(NC(=S)NC(=O)CC)cc1. The zero-order valence-electron chi connectivity index (χ0n) is 13.1. The molecule has 0 fully saturated rings. The van der Waals surface area contributed by atoms with Crippen molar-refractivity contribution in [3.05, 3.63) is 24.3 Å². The Labute approximate surface area is 146 Å². The molecule has 1 rings (SSSR count). The Morgan fingerprint density at radius 3 is 1.70 bits per heavy atom. The van der Waals surface area contributed by atoms with Gasteiger partial charge in [-0.15, -0.1) is 0 Å². The topological polar surface area (TPSA) is 82.3 Å². The molecular weight excluding hydrogens is 332 g/mol. The van der Waals surface area contributed by atoms with Crippen molar-refractivity contribution in [1.29, 1.82) is 0 Å². The van der Waals surface area contributed by atoms with E-state index in [1.54, 1.807) is 31.2 Å². The Morgan fingerprint density at radius 2 is 1.30 bits per heavy atom. The maximum absolute atomic E-state index is 11.4. The summed E-state index contributed by atoms with van der Waals surface area (Å²) in [6.07, 6.45) is 1.57. The summed E-state index contributed by atoms with van der Waals surface area (Å²) in [5.74, 6) is -0.255. The zero-order chi connectivity index (χ0) is 17.2. The van der Waals surface area contributed by atoms with E-state index in [-0.39, 0.29) is 22.0 Å². The molecule has 1 aromatic rings. The average molecular weight is 352 g/mol. The third-order valence-electron chi connectivity index (χ3n) is 2.70. The molecule has 4 N–H and O–H groups in total. The lowest BCUT2D eigenvalue weighted by molar-refractivity contribution is -0.120. The standard InChI is InChI=1S/C15H20N4O2S2/c1-3-5-13(21)19-15(23)17-11-8-6-10(7-9-11)16-14(22)18-12(20)4-2/h6-9H,3-5H2,1-2H3,(H2,16,18,20,22)(H2,17,19,21,23). The first-order valence-electron chi connectivity index (χ1n) is 7.26. The zero-order valence-corrected chi connectivity index (χ0v) is 14.7. The van der Waals surface area contributed by atoms with E-state index in [0.717, 1.165) is 17.8 Å². The molecule has 124 valence electrons. The van der Waals surface area contributed by atoms with E-state index in [1.807, 2.05) is 6.92 Å². The maximum atomic E-state index is 11.4. The molecule has 0 bridgehead atoms. The summed E-state index contributed by atoms with van der Waals surface area (Å²) in [5, 5.41) is 11.5. The molecule has 0 aliphatic heterocycles. The smallest absolute Gasteiger partial charge is 0.226 e. The van der Waals surface area contributed by atoms with E-state index >= 15 is 0 Å². The van der Waals surface area contributed by atoms with Crippen molar-refractivity contribution >= 4 is 57.8 Å². The molecule has 0 heterocycles. The highest BCUT2D eigenvalue weighted by molar-refractivity contribution is 7.80. The van der Waals surface area contributed by atoms with Crippen LogP contribution in [-0.2, 0) is 9.59 Å². The lowest BCUT2D eigenvalue weighted by Crippen LogP contribution is -2.34. The predicted octanol–water partition coefficient (Wildman–Crippen LogP) is 2.52. The number of nitrogens with one attached hydrogen (secondary N) is 4. The molecule has 0 spiro atoms. The van der Waals surface area contributed by atoms with Crippen molar-refractivity contribution in [3.63, 3.8) is 0 Å². The fraction of sp³-hybridized carbons (Fsp3) is 0.333. The summed E-state index contributed by atoms with van der Waals surface area (Å²) in [6.45, 7) is 3.68. The number of carbonyl (C=O) groups is 2. The van der Waals surface area contributed by atoms with Crippen LogP contribution in [0.2, 0.25) is 0 Å². The summed E-state index contributed by atoms with van der Waals surface area (Å²) < 4.78 is 0. The fourth-order valence-electron chi connectivity index (χ4n) is 1.59. The van der Waals surface area contributed by atoms with Crippen LogP contribution in [0.25, 0.3) is 0 Å². The van der Waals surface area contributed by atoms with Gasteiger partial charge in [-0.25, -0.2) is 0 Å². The van der Waals surface area contributed by atoms with Crippen molar-refractivity contribution < 1.29 is 9.59 Å². The van der Waals surface area contributed by atoms with Gasteiger partial charge in [0.25, 0.3) is 0 Å². The highest BCUT2D eigenvalue weighted by Gasteiger charge is 2.05. The van der Waals surface area contributed by atoms with Crippen molar-refractivity contribution in [2.24, 2.45) is 0 Å². The number of amides is 2. The molecule has 2 amide bonds. The lowest BCUT2D eigenvalue weighted by atomic mass is 10.3. The van der Waals surface area contributed by atoms with Crippen LogP contribution in [0.15, 0.2) is 24.3 Å². The highest BCUT2D eigenvalue weighted by Crippen LogP contribution is 2.13.